The third-order valence-corrected chi connectivity index (χ3v) is 3.15. The minimum Gasteiger partial charge on any atom is -0.481 e. The third kappa shape index (κ3) is 3.19. The van der Waals surface area contributed by atoms with Crippen molar-refractivity contribution in [1.29, 1.82) is 0 Å². The fraction of sp³-hybridized carbons (Fsp3) is 0.462. The highest BCUT2D eigenvalue weighted by Crippen LogP contribution is 2.25. The van der Waals surface area contributed by atoms with Crippen molar-refractivity contribution in [3.63, 3.8) is 0 Å². The summed E-state index contributed by atoms with van der Waals surface area (Å²) in [5.74, 6) is -1.10. The third-order valence-electron chi connectivity index (χ3n) is 3.15. The zero-order valence-corrected chi connectivity index (χ0v) is 10.4. The van der Waals surface area contributed by atoms with Crippen molar-refractivity contribution in [1.82, 2.24) is 0 Å². The number of aliphatic carboxylic acids is 1. The summed E-state index contributed by atoms with van der Waals surface area (Å²) in [6.45, 7) is 3.96. The molecule has 3 nitrogen and oxygen atoms in total. The Morgan fingerprint density at radius 2 is 1.94 bits per heavy atom. The molecule has 0 heterocycles. The van der Waals surface area contributed by atoms with E-state index in [0.29, 0.717) is 13.0 Å². The van der Waals surface area contributed by atoms with Crippen LogP contribution in [0.4, 0.5) is 10.1 Å². The molecule has 0 saturated carbocycles. The molecule has 1 unspecified atom stereocenters. The lowest BCUT2D eigenvalue weighted by atomic mass is 9.87. The molecule has 0 aromatic heterocycles. The van der Waals surface area contributed by atoms with Gasteiger partial charge in [-0.1, -0.05) is 6.92 Å². The molecule has 1 rings (SSSR count). The molecule has 0 fully saturated rings. The first-order valence-electron chi connectivity index (χ1n) is 5.59. The zero-order chi connectivity index (χ0) is 13.1. The molecule has 0 saturated heterocycles. The number of halogens is 1. The molecule has 0 aliphatic heterocycles. The first-order valence-corrected chi connectivity index (χ1v) is 5.59. The lowest BCUT2D eigenvalue weighted by Gasteiger charge is -2.30. The van der Waals surface area contributed by atoms with E-state index in [-0.39, 0.29) is 5.82 Å². The van der Waals surface area contributed by atoms with Crippen LogP contribution in [-0.2, 0) is 4.79 Å². The van der Waals surface area contributed by atoms with Gasteiger partial charge in [0.05, 0.1) is 5.41 Å². The number of carboxylic acid groups (broad SMARTS) is 1. The Morgan fingerprint density at radius 1 is 1.41 bits per heavy atom. The smallest absolute Gasteiger partial charge is 0.311 e. The quantitative estimate of drug-likeness (QED) is 0.859. The Labute approximate surface area is 101 Å². The predicted octanol–water partition coefficient (Wildman–Crippen LogP) is 2.76. The summed E-state index contributed by atoms with van der Waals surface area (Å²) in [6.07, 6.45) is 0.549. The van der Waals surface area contributed by atoms with E-state index in [1.54, 1.807) is 19.1 Å². The fourth-order valence-corrected chi connectivity index (χ4v) is 1.64. The molecule has 1 atom stereocenters. The van der Waals surface area contributed by atoms with Gasteiger partial charge in [-0.25, -0.2) is 4.39 Å². The van der Waals surface area contributed by atoms with Gasteiger partial charge in [-0.05, 0) is 37.6 Å². The Hall–Kier alpha value is -1.58. The molecule has 0 bridgehead atoms. The zero-order valence-electron chi connectivity index (χ0n) is 10.4. The molecule has 0 amide bonds. The summed E-state index contributed by atoms with van der Waals surface area (Å²) < 4.78 is 12.8. The maximum Gasteiger partial charge on any atom is 0.311 e. The number of benzene rings is 1. The minimum atomic E-state index is -0.811. The van der Waals surface area contributed by atoms with Crippen LogP contribution in [0.15, 0.2) is 24.3 Å². The van der Waals surface area contributed by atoms with E-state index < -0.39 is 11.4 Å². The van der Waals surface area contributed by atoms with E-state index in [2.05, 4.69) is 0 Å². The lowest BCUT2D eigenvalue weighted by Crippen LogP contribution is -2.39. The Balaban J connectivity index is 2.81. The van der Waals surface area contributed by atoms with Gasteiger partial charge in [0.25, 0.3) is 0 Å². The highest BCUT2D eigenvalue weighted by molar-refractivity contribution is 5.75. The largest absolute Gasteiger partial charge is 0.481 e. The van der Waals surface area contributed by atoms with E-state index in [4.69, 9.17) is 0 Å². The van der Waals surface area contributed by atoms with Gasteiger partial charge in [0.2, 0.25) is 0 Å². The fourth-order valence-electron chi connectivity index (χ4n) is 1.64. The number of anilines is 1. The van der Waals surface area contributed by atoms with Gasteiger partial charge in [0.1, 0.15) is 5.82 Å². The second-order valence-corrected chi connectivity index (χ2v) is 4.55. The molecule has 0 spiro atoms. The second-order valence-electron chi connectivity index (χ2n) is 4.55. The van der Waals surface area contributed by atoms with E-state index in [1.807, 2.05) is 18.9 Å². The van der Waals surface area contributed by atoms with Gasteiger partial charge >= 0.3 is 5.97 Å². The van der Waals surface area contributed by atoms with Gasteiger partial charge in [0.15, 0.2) is 0 Å². The number of carboxylic acids is 1. The number of hydrogen-bond donors (Lipinski definition) is 1. The van der Waals surface area contributed by atoms with Gasteiger partial charge in [-0.15, -0.1) is 0 Å². The number of hydrogen-bond acceptors (Lipinski definition) is 2. The normalized spacial score (nSPS) is 14.1. The number of carbonyl (C=O) groups is 1. The molecule has 0 aliphatic rings. The van der Waals surface area contributed by atoms with Crippen molar-refractivity contribution in [2.45, 2.75) is 20.3 Å². The maximum absolute atomic E-state index is 12.8. The number of rotatable bonds is 5. The molecule has 0 aliphatic carbocycles. The van der Waals surface area contributed by atoms with Crippen molar-refractivity contribution in [3.8, 4) is 0 Å². The standard InChI is InChI=1S/C13H18FNO2/c1-4-13(2,12(16)17)9-15(3)11-7-5-10(14)6-8-11/h5-8H,4,9H2,1-3H3,(H,16,17). The van der Waals surface area contributed by atoms with Crippen LogP contribution < -0.4 is 4.90 Å². The monoisotopic (exact) mass is 239 g/mol. The molecule has 17 heavy (non-hydrogen) atoms. The van der Waals surface area contributed by atoms with E-state index >= 15 is 0 Å². The van der Waals surface area contributed by atoms with Crippen LogP contribution in [0.1, 0.15) is 20.3 Å². The summed E-state index contributed by atoms with van der Waals surface area (Å²) in [5, 5.41) is 9.19. The summed E-state index contributed by atoms with van der Waals surface area (Å²) in [4.78, 5) is 13.0. The highest BCUT2D eigenvalue weighted by atomic mass is 19.1. The van der Waals surface area contributed by atoms with E-state index in [1.165, 1.54) is 12.1 Å². The summed E-state index contributed by atoms with van der Waals surface area (Å²) >= 11 is 0. The van der Waals surface area contributed by atoms with Crippen LogP contribution in [0.2, 0.25) is 0 Å². The molecule has 94 valence electrons. The van der Waals surface area contributed by atoms with Gasteiger partial charge in [0, 0.05) is 19.3 Å². The highest BCUT2D eigenvalue weighted by Gasteiger charge is 2.32. The average Bonchev–Trinajstić information content (AvgIpc) is 2.29. The van der Waals surface area contributed by atoms with Gasteiger partial charge in [-0.3, -0.25) is 4.79 Å². The van der Waals surface area contributed by atoms with Crippen LogP contribution in [-0.4, -0.2) is 24.7 Å². The first-order chi connectivity index (χ1) is 7.89. The minimum absolute atomic E-state index is 0.293. The van der Waals surface area contributed by atoms with Crippen molar-refractivity contribution in [3.05, 3.63) is 30.1 Å². The second kappa shape index (κ2) is 5.17. The SMILES string of the molecule is CCC(C)(CN(C)c1ccc(F)cc1)C(=O)O. The molecular formula is C13H18FNO2. The molecule has 1 aromatic rings. The predicted molar refractivity (Wildman–Crippen MR) is 65.7 cm³/mol. The average molecular weight is 239 g/mol. The van der Waals surface area contributed by atoms with E-state index in [0.717, 1.165) is 5.69 Å². The Bertz CT molecular complexity index is 391. The van der Waals surface area contributed by atoms with E-state index in [9.17, 15) is 14.3 Å². The van der Waals surface area contributed by atoms with Crippen LogP contribution in [0, 0.1) is 11.2 Å². The van der Waals surface area contributed by atoms with Crippen molar-refractivity contribution in [2.24, 2.45) is 5.41 Å². The van der Waals surface area contributed by atoms with Crippen molar-refractivity contribution < 1.29 is 14.3 Å². The molecular weight excluding hydrogens is 221 g/mol. The summed E-state index contributed by atoms with van der Waals surface area (Å²) in [7, 11) is 1.81. The Kier molecular flexibility index (Phi) is 4.10. The molecule has 1 aromatic carbocycles. The van der Waals surface area contributed by atoms with Gasteiger partial charge in [-0.2, -0.15) is 0 Å². The molecule has 1 N–H and O–H groups in total. The van der Waals surface area contributed by atoms with Crippen LogP contribution in [0.3, 0.4) is 0 Å². The van der Waals surface area contributed by atoms with Crippen LogP contribution in [0.25, 0.3) is 0 Å². The van der Waals surface area contributed by atoms with Crippen molar-refractivity contribution in [2.75, 3.05) is 18.5 Å². The van der Waals surface area contributed by atoms with Gasteiger partial charge < -0.3 is 10.0 Å². The van der Waals surface area contributed by atoms with Crippen molar-refractivity contribution >= 4 is 11.7 Å². The van der Waals surface area contributed by atoms with Crippen LogP contribution >= 0.6 is 0 Å². The number of nitrogens with zero attached hydrogens (tertiary/aromatic N) is 1. The molecule has 0 radical (unpaired) electrons. The summed E-state index contributed by atoms with van der Waals surface area (Å²) in [6, 6.07) is 6.03. The summed E-state index contributed by atoms with van der Waals surface area (Å²) in [5.41, 5.74) is 0.0238. The Morgan fingerprint density at radius 3 is 2.35 bits per heavy atom. The lowest BCUT2D eigenvalue weighted by molar-refractivity contribution is -0.147. The first kappa shape index (κ1) is 13.5. The topological polar surface area (TPSA) is 40.5 Å². The molecule has 4 heteroatoms. The maximum atomic E-state index is 12.8. The van der Waals surface area contributed by atoms with Crippen LogP contribution in [0.5, 0.6) is 0 Å².